The summed E-state index contributed by atoms with van der Waals surface area (Å²) >= 11 is 9.33. The van der Waals surface area contributed by atoms with Gasteiger partial charge in [-0.25, -0.2) is 4.39 Å². The lowest BCUT2D eigenvalue weighted by molar-refractivity contribution is 0.506. The highest BCUT2D eigenvalue weighted by Crippen LogP contribution is 2.34. The summed E-state index contributed by atoms with van der Waals surface area (Å²) in [7, 11) is 0. The lowest BCUT2D eigenvalue weighted by Gasteiger charge is -2.12. The predicted molar refractivity (Wildman–Crippen MR) is 86.1 cm³/mol. The molecular weight excluding hydrogens is 357 g/mol. The van der Waals surface area contributed by atoms with E-state index in [9.17, 15) is 4.39 Å². The molecule has 1 unspecified atom stereocenters. The first-order valence-corrected chi connectivity index (χ1v) is 7.53. The monoisotopic (exact) mass is 367 g/mol. The Kier molecular flexibility index (Phi) is 3.78. The first-order chi connectivity index (χ1) is 9.97. The topological polar surface area (TPSA) is 39.2 Å². The Labute approximate surface area is 134 Å². The third-order valence-electron chi connectivity index (χ3n) is 3.51. The van der Waals surface area contributed by atoms with Gasteiger partial charge in [0.15, 0.2) is 0 Å². The zero-order valence-electron chi connectivity index (χ0n) is 11.2. The van der Waals surface area contributed by atoms with Gasteiger partial charge in [0.2, 0.25) is 0 Å². The minimum Gasteiger partial charge on any atom is -0.459 e. The van der Waals surface area contributed by atoms with Gasteiger partial charge in [-0.15, -0.1) is 0 Å². The molecule has 1 atom stereocenters. The van der Waals surface area contributed by atoms with Crippen LogP contribution >= 0.6 is 27.5 Å². The van der Waals surface area contributed by atoms with Gasteiger partial charge in [0.1, 0.15) is 17.2 Å². The Bertz CT molecular complexity index is 831. The first-order valence-electron chi connectivity index (χ1n) is 6.36. The van der Waals surface area contributed by atoms with E-state index in [2.05, 4.69) is 15.9 Å². The van der Waals surface area contributed by atoms with Crippen LogP contribution in [0, 0.1) is 12.7 Å². The summed E-state index contributed by atoms with van der Waals surface area (Å²) in [6.07, 6.45) is 0. The molecule has 3 rings (SSSR count). The highest BCUT2D eigenvalue weighted by atomic mass is 79.9. The Balaban J connectivity index is 2.15. The third kappa shape index (κ3) is 2.59. The Morgan fingerprint density at radius 3 is 2.76 bits per heavy atom. The molecule has 5 heteroatoms. The van der Waals surface area contributed by atoms with E-state index < -0.39 is 6.04 Å². The lowest BCUT2D eigenvalue weighted by Crippen LogP contribution is -2.14. The number of fused-ring (bicyclic) bond motifs is 1. The van der Waals surface area contributed by atoms with E-state index in [1.807, 2.05) is 13.0 Å². The molecule has 0 spiro atoms. The molecule has 0 aliphatic rings. The van der Waals surface area contributed by atoms with E-state index in [4.69, 9.17) is 21.8 Å². The number of furan rings is 1. The molecule has 0 saturated heterocycles. The number of rotatable bonds is 2. The van der Waals surface area contributed by atoms with Gasteiger partial charge in [0.05, 0.1) is 6.04 Å². The molecule has 108 valence electrons. The molecule has 2 aromatic carbocycles. The van der Waals surface area contributed by atoms with E-state index >= 15 is 0 Å². The molecule has 0 bridgehead atoms. The smallest absolute Gasteiger partial charge is 0.134 e. The van der Waals surface area contributed by atoms with Crippen molar-refractivity contribution in [1.82, 2.24) is 0 Å². The van der Waals surface area contributed by atoms with Crippen molar-refractivity contribution in [2.24, 2.45) is 5.73 Å². The van der Waals surface area contributed by atoms with Crippen molar-refractivity contribution in [3.8, 4) is 0 Å². The van der Waals surface area contributed by atoms with Crippen LogP contribution in [0.2, 0.25) is 5.02 Å². The van der Waals surface area contributed by atoms with Gasteiger partial charge >= 0.3 is 0 Å². The van der Waals surface area contributed by atoms with Gasteiger partial charge in [0, 0.05) is 26.0 Å². The van der Waals surface area contributed by atoms with E-state index in [0.717, 1.165) is 15.4 Å². The summed E-state index contributed by atoms with van der Waals surface area (Å²) in [6.45, 7) is 1.90. The van der Waals surface area contributed by atoms with Crippen LogP contribution in [-0.4, -0.2) is 0 Å². The largest absolute Gasteiger partial charge is 0.459 e. The summed E-state index contributed by atoms with van der Waals surface area (Å²) in [5.74, 6) is 0.188. The second-order valence-electron chi connectivity index (χ2n) is 4.88. The number of nitrogens with two attached hydrogens (primary N) is 1. The zero-order chi connectivity index (χ0) is 15.1. The molecule has 1 aromatic heterocycles. The summed E-state index contributed by atoms with van der Waals surface area (Å²) in [5.41, 5.74) is 8.15. The maximum absolute atomic E-state index is 14.0. The number of hydrogen-bond donors (Lipinski definition) is 1. The van der Waals surface area contributed by atoms with Crippen LogP contribution in [0.3, 0.4) is 0 Å². The first kappa shape index (κ1) is 14.6. The summed E-state index contributed by atoms with van der Waals surface area (Å²) < 4.78 is 20.6. The van der Waals surface area contributed by atoms with Crippen molar-refractivity contribution in [2.75, 3.05) is 0 Å². The molecule has 0 radical (unpaired) electrons. The molecule has 0 aliphatic carbocycles. The maximum Gasteiger partial charge on any atom is 0.134 e. The molecule has 3 aromatic rings. The van der Waals surface area contributed by atoms with Gasteiger partial charge in [0.25, 0.3) is 0 Å². The Morgan fingerprint density at radius 1 is 1.24 bits per heavy atom. The fourth-order valence-corrected chi connectivity index (χ4v) is 2.95. The maximum atomic E-state index is 14.0. The van der Waals surface area contributed by atoms with Gasteiger partial charge in [-0.3, -0.25) is 0 Å². The highest BCUT2D eigenvalue weighted by Gasteiger charge is 2.21. The fraction of sp³-hybridized carbons (Fsp3) is 0.125. The molecule has 0 fully saturated rings. The number of hydrogen-bond acceptors (Lipinski definition) is 2. The molecule has 0 aliphatic heterocycles. The van der Waals surface area contributed by atoms with E-state index in [1.165, 1.54) is 6.07 Å². The summed E-state index contributed by atoms with van der Waals surface area (Å²) in [6, 6.07) is 9.38. The van der Waals surface area contributed by atoms with Crippen LogP contribution in [0.25, 0.3) is 11.0 Å². The molecule has 2 nitrogen and oxygen atoms in total. The van der Waals surface area contributed by atoms with E-state index in [1.54, 1.807) is 24.3 Å². The van der Waals surface area contributed by atoms with Crippen molar-refractivity contribution >= 4 is 38.5 Å². The van der Waals surface area contributed by atoms with Gasteiger partial charge < -0.3 is 10.2 Å². The van der Waals surface area contributed by atoms with Crippen LogP contribution < -0.4 is 5.73 Å². The predicted octanol–water partition coefficient (Wildman–Crippen LogP) is 5.34. The zero-order valence-corrected chi connectivity index (χ0v) is 13.5. The summed E-state index contributed by atoms with van der Waals surface area (Å²) in [5, 5.41) is 1.52. The average Bonchev–Trinajstić information content (AvgIpc) is 2.78. The molecular formula is C16H12BrClFNO. The van der Waals surface area contributed by atoms with E-state index in [-0.39, 0.29) is 5.82 Å². The lowest BCUT2D eigenvalue weighted by atomic mass is 10.0. The normalized spacial score (nSPS) is 12.8. The Hall–Kier alpha value is -1.36. The molecule has 0 saturated carbocycles. The van der Waals surface area contributed by atoms with Crippen molar-refractivity contribution in [3.05, 3.63) is 68.6 Å². The van der Waals surface area contributed by atoms with Crippen molar-refractivity contribution in [3.63, 3.8) is 0 Å². The minimum absolute atomic E-state index is 0.358. The van der Waals surface area contributed by atoms with Gasteiger partial charge in [-0.1, -0.05) is 27.5 Å². The van der Waals surface area contributed by atoms with E-state index in [0.29, 0.717) is 21.9 Å². The second kappa shape index (κ2) is 5.44. The van der Waals surface area contributed by atoms with Crippen LogP contribution in [0.15, 0.2) is 45.3 Å². The average molecular weight is 369 g/mol. The van der Waals surface area contributed by atoms with Gasteiger partial charge in [-0.2, -0.15) is 0 Å². The molecule has 0 amide bonds. The molecule has 1 heterocycles. The van der Waals surface area contributed by atoms with Crippen LogP contribution in [0.1, 0.15) is 22.9 Å². The highest BCUT2D eigenvalue weighted by molar-refractivity contribution is 9.10. The Morgan fingerprint density at radius 2 is 2.00 bits per heavy atom. The van der Waals surface area contributed by atoms with Crippen molar-refractivity contribution in [1.29, 1.82) is 0 Å². The number of halogens is 3. The molecule has 2 N–H and O–H groups in total. The standard InChI is InChI=1S/C16H12BrClFNO/c1-8-11-7-10(18)3-5-14(11)21-16(8)15(20)12-6-9(17)2-4-13(12)19/h2-7,15H,20H2,1H3. The SMILES string of the molecule is Cc1c(C(N)c2cc(Br)ccc2F)oc2ccc(Cl)cc12. The second-order valence-corrected chi connectivity index (χ2v) is 6.23. The third-order valence-corrected chi connectivity index (χ3v) is 4.24. The van der Waals surface area contributed by atoms with Crippen molar-refractivity contribution in [2.45, 2.75) is 13.0 Å². The quantitative estimate of drug-likeness (QED) is 0.663. The number of benzene rings is 2. The van der Waals surface area contributed by atoms with Crippen LogP contribution in [0.4, 0.5) is 4.39 Å². The fourth-order valence-electron chi connectivity index (χ4n) is 2.40. The van der Waals surface area contributed by atoms with Crippen molar-refractivity contribution < 1.29 is 8.81 Å². The minimum atomic E-state index is -0.673. The molecule has 21 heavy (non-hydrogen) atoms. The van der Waals surface area contributed by atoms with Crippen LogP contribution in [0.5, 0.6) is 0 Å². The number of aryl methyl sites for hydroxylation is 1. The summed E-state index contributed by atoms with van der Waals surface area (Å²) in [4.78, 5) is 0. The van der Waals surface area contributed by atoms with Gasteiger partial charge in [-0.05, 0) is 43.3 Å². The van der Waals surface area contributed by atoms with Crippen LogP contribution in [-0.2, 0) is 0 Å².